The van der Waals surface area contributed by atoms with Crippen LogP contribution in [0.15, 0.2) is 34.8 Å². The first-order chi connectivity index (χ1) is 11.6. The predicted molar refractivity (Wildman–Crippen MR) is 98.3 cm³/mol. The van der Waals surface area contributed by atoms with Crippen molar-refractivity contribution in [3.8, 4) is 0 Å². The van der Waals surface area contributed by atoms with E-state index in [0.29, 0.717) is 4.88 Å². The van der Waals surface area contributed by atoms with Crippen molar-refractivity contribution in [3.05, 3.63) is 50.8 Å². The zero-order valence-electron chi connectivity index (χ0n) is 13.0. The molecule has 24 heavy (non-hydrogen) atoms. The van der Waals surface area contributed by atoms with E-state index < -0.39 is 0 Å². The van der Waals surface area contributed by atoms with Gasteiger partial charge in [0.1, 0.15) is 0 Å². The Morgan fingerprint density at radius 1 is 1.12 bits per heavy atom. The van der Waals surface area contributed by atoms with Gasteiger partial charge < -0.3 is 10.6 Å². The number of aryl methyl sites for hydroxylation is 1. The summed E-state index contributed by atoms with van der Waals surface area (Å²) in [6.07, 6.45) is 3.85. The number of hydrogen-bond acceptors (Lipinski definition) is 3. The van der Waals surface area contributed by atoms with Gasteiger partial charge in [-0.1, -0.05) is 22.0 Å². The lowest BCUT2D eigenvalue weighted by Crippen LogP contribution is -2.26. The number of carbonyl (C=O) groups excluding carboxylic acids is 2. The van der Waals surface area contributed by atoms with E-state index in [1.807, 2.05) is 6.07 Å². The number of carbonyl (C=O) groups is 2. The molecule has 2 aliphatic rings. The summed E-state index contributed by atoms with van der Waals surface area (Å²) in [6.45, 7) is 0. The van der Waals surface area contributed by atoms with Crippen LogP contribution >= 0.6 is 27.3 Å². The van der Waals surface area contributed by atoms with Crippen LogP contribution in [0.5, 0.6) is 0 Å². The Bertz CT molecular complexity index is 813. The van der Waals surface area contributed by atoms with E-state index in [0.717, 1.165) is 35.2 Å². The van der Waals surface area contributed by atoms with Gasteiger partial charge in [-0.3, -0.25) is 9.59 Å². The Labute approximate surface area is 152 Å². The normalized spacial score (nSPS) is 19.0. The maximum Gasteiger partial charge on any atom is 0.261 e. The minimum absolute atomic E-state index is 0.0622. The Hall–Kier alpha value is -1.66. The lowest BCUT2D eigenvalue weighted by molar-refractivity contribution is -0.117. The summed E-state index contributed by atoms with van der Waals surface area (Å²) in [6, 6.07) is 9.86. The third kappa shape index (κ3) is 3.26. The van der Waals surface area contributed by atoms with Crippen LogP contribution in [0.25, 0.3) is 0 Å². The van der Waals surface area contributed by atoms with Gasteiger partial charge in [0.05, 0.1) is 15.9 Å². The molecule has 2 amide bonds. The monoisotopic (exact) mass is 404 g/mol. The fourth-order valence-corrected chi connectivity index (χ4v) is 4.28. The third-order valence-electron chi connectivity index (χ3n) is 4.51. The van der Waals surface area contributed by atoms with Gasteiger partial charge in [0.25, 0.3) is 5.91 Å². The SMILES string of the molecule is O=C(NC1CCc2cc(Br)ccc21)c1ccc(NC(=O)C2CC2)s1. The molecule has 1 fully saturated rings. The highest BCUT2D eigenvalue weighted by Crippen LogP contribution is 2.34. The second-order valence-electron chi connectivity index (χ2n) is 6.34. The number of halogens is 1. The standard InChI is InChI=1S/C18H17BrN2O2S/c19-12-4-5-13-11(9-12)3-6-14(13)20-18(23)15-7-8-16(24-15)21-17(22)10-1-2-10/h4-5,7-10,14H,1-3,6H2,(H,20,23)(H,21,22). The van der Waals surface area contributed by atoms with E-state index in [1.54, 1.807) is 12.1 Å². The van der Waals surface area contributed by atoms with Crippen molar-refractivity contribution in [1.29, 1.82) is 0 Å². The molecular formula is C18H17BrN2O2S. The zero-order valence-corrected chi connectivity index (χ0v) is 15.4. The van der Waals surface area contributed by atoms with Gasteiger partial charge in [-0.15, -0.1) is 11.3 Å². The summed E-state index contributed by atoms with van der Waals surface area (Å²) in [5.74, 6) is 0.158. The molecule has 2 aromatic rings. The van der Waals surface area contributed by atoms with Gasteiger partial charge in [-0.2, -0.15) is 0 Å². The molecule has 4 rings (SSSR count). The number of rotatable bonds is 4. The molecule has 4 nitrogen and oxygen atoms in total. The maximum absolute atomic E-state index is 12.5. The molecule has 124 valence electrons. The minimum atomic E-state index is -0.0762. The quantitative estimate of drug-likeness (QED) is 0.798. The molecule has 1 heterocycles. The van der Waals surface area contributed by atoms with Gasteiger partial charge >= 0.3 is 0 Å². The number of hydrogen-bond donors (Lipinski definition) is 2. The molecule has 0 aliphatic heterocycles. The number of amides is 2. The largest absolute Gasteiger partial charge is 0.345 e. The zero-order chi connectivity index (χ0) is 16.7. The number of fused-ring (bicyclic) bond motifs is 1. The van der Waals surface area contributed by atoms with E-state index in [2.05, 4.69) is 38.7 Å². The molecule has 1 aromatic heterocycles. The predicted octanol–water partition coefficient (Wildman–Crippen LogP) is 4.28. The van der Waals surface area contributed by atoms with E-state index in [9.17, 15) is 9.59 Å². The molecule has 1 saturated carbocycles. The van der Waals surface area contributed by atoms with Crippen LogP contribution < -0.4 is 10.6 Å². The van der Waals surface area contributed by atoms with Gasteiger partial charge in [-0.05, 0) is 61.1 Å². The first-order valence-corrected chi connectivity index (χ1v) is 9.71. The first kappa shape index (κ1) is 15.8. The molecule has 2 aliphatic carbocycles. The van der Waals surface area contributed by atoms with Crippen molar-refractivity contribution in [1.82, 2.24) is 5.32 Å². The van der Waals surface area contributed by atoms with Gasteiger partial charge in [-0.25, -0.2) is 0 Å². The molecule has 0 spiro atoms. The maximum atomic E-state index is 12.5. The average molecular weight is 405 g/mol. The number of anilines is 1. The lowest BCUT2D eigenvalue weighted by Gasteiger charge is -2.13. The molecular weight excluding hydrogens is 388 g/mol. The van der Waals surface area contributed by atoms with Gasteiger partial charge in [0.2, 0.25) is 5.91 Å². The number of nitrogens with one attached hydrogen (secondary N) is 2. The molecule has 0 bridgehead atoms. The molecule has 1 unspecified atom stereocenters. The lowest BCUT2D eigenvalue weighted by atomic mass is 10.1. The van der Waals surface area contributed by atoms with E-state index in [-0.39, 0.29) is 23.8 Å². The van der Waals surface area contributed by atoms with Crippen molar-refractivity contribution < 1.29 is 9.59 Å². The van der Waals surface area contributed by atoms with Crippen molar-refractivity contribution >= 4 is 44.1 Å². The van der Waals surface area contributed by atoms with Crippen LogP contribution in [-0.2, 0) is 11.2 Å². The van der Waals surface area contributed by atoms with Crippen LogP contribution in [0.4, 0.5) is 5.00 Å². The highest BCUT2D eigenvalue weighted by Gasteiger charge is 2.30. The topological polar surface area (TPSA) is 58.2 Å². The molecule has 0 radical (unpaired) electrons. The number of benzene rings is 1. The molecule has 1 atom stereocenters. The summed E-state index contributed by atoms with van der Waals surface area (Å²) >= 11 is 4.82. The van der Waals surface area contributed by atoms with Crippen molar-refractivity contribution in [2.24, 2.45) is 5.92 Å². The smallest absolute Gasteiger partial charge is 0.261 e. The van der Waals surface area contributed by atoms with Gasteiger partial charge in [0.15, 0.2) is 0 Å². The average Bonchev–Trinajstić information content (AvgIpc) is 3.20. The van der Waals surface area contributed by atoms with Crippen LogP contribution in [0.2, 0.25) is 0 Å². The Morgan fingerprint density at radius 3 is 2.75 bits per heavy atom. The van der Waals surface area contributed by atoms with Crippen LogP contribution in [0.3, 0.4) is 0 Å². The Balaban J connectivity index is 1.42. The van der Waals surface area contributed by atoms with Crippen molar-refractivity contribution in [3.63, 3.8) is 0 Å². The van der Waals surface area contributed by atoms with Crippen LogP contribution in [0, 0.1) is 5.92 Å². The molecule has 2 N–H and O–H groups in total. The fourth-order valence-electron chi connectivity index (χ4n) is 3.06. The van der Waals surface area contributed by atoms with E-state index >= 15 is 0 Å². The van der Waals surface area contributed by atoms with Gasteiger partial charge in [0, 0.05) is 10.4 Å². The second-order valence-corrected chi connectivity index (χ2v) is 8.33. The molecule has 1 aromatic carbocycles. The fraction of sp³-hybridized carbons (Fsp3) is 0.333. The van der Waals surface area contributed by atoms with Crippen LogP contribution in [-0.4, -0.2) is 11.8 Å². The summed E-state index contributed by atoms with van der Waals surface area (Å²) in [5, 5.41) is 6.75. The first-order valence-electron chi connectivity index (χ1n) is 8.10. The minimum Gasteiger partial charge on any atom is -0.345 e. The number of thiophene rings is 1. The summed E-state index contributed by atoms with van der Waals surface area (Å²) in [4.78, 5) is 24.9. The Kier molecular flexibility index (Phi) is 4.18. The highest BCUT2D eigenvalue weighted by molar-refractivity contribution is 9.10. The highest BCUT2D eigenvalue weighted by atomic mass is 79.9. The summed E-state index contributed by atoms with van der Waals surface area (Å²) in [7, 11) is 0. The molecule has 6 heteroatoms. The van der Waals surface area contributed by atoms with Crippen molar-refractivity contribution in [2.45, 2.75) is 31.7 Å². The van der Waals surface area contributed by atoms with E-state index in [1.165, 1.54) is 22.5 Å². The second kappa shape index (κ2) is 6.33. The van der Waals surface area contributed by atoms with Crippen molar-refractivity contribution in [2.75, 3.05) is 5.32 Å². The molecule has 0 saturated heterocycles. The summed E-state index contributed by atoms with van der Waals surface area (Å²) < 4.78 is 1.07. The van der Waals surface area contributed by atoms with Crippen LogP contribution in [0.1, 0.15) is 46.1 Å². The van der Waals surface area contributed by atoms with E-state index in [4.69, 9.17) is 0 Å². The summed E-state index contributed by atoms with van der Waals surface area (Å²) in [5.41, 5.74) is 2.49. The third-order valence-corrected chi connectivity index (χ3v) is 6.01. The Morgan fingerprint density at radius 2 is 1.96 bits per heavy atom.